The van der Waals surface area contributed by atoms with Crippen molar-refractivity contribution in [1.29, 1.82) is 5.26 Å². The Morgan fingerprint density at radius 1 is 1.04 bits per heavy atom. The van der Waals surface area contributed by atoms with E-state index in [0.717, 1.165) is 28.1 Å². The van der Waals surface area contributed by atoms with Crippen molar-refractivity contribution in [2.45, 2.75) is 27.2 Å². The minimum absolute atomic E-state index is 0.0155. The number of amides is 1. The molecule has 0 fully saturated rings. The van der Waals surface area contributed by atoms with Gasteiger partial charge in [0.1, 0.15) is 12.4 Å². The minimum Gasteiger partial charge on any atom is -0.492 e. The highest BCUT2D eigenvalue weighted by atomic mass is 16.5. The maximum Gasteiger partial charge on any atom is 0.241 e. The Bertz CT molecular complexity index is 822. The molecule has 0 radical (unpaired) electrons. The molecule has 0 heterocycles. The number of carbonyl (C=O) groups is 1. The van der Waals surface area contributed by atoms with Crippen LogP contribution in [0.25, 0.3) is 0 Å². The average molecular weight is 380 g/mol. The van der Waals surface area contributed by atoms with Gasteiger partial charge in [-0.15, -0.1) is 0 Å². The summed E-state index contributed by atoms with van der Waals surface area (Å²) in [6, 6.07) is 16.1. The Hall–Kier alpha value is -2.84. The van der Waals surface area contributed by atoms with Crippen LogP contribution in [0.4, 0.5) is 5.69 Å². The molecule has 5 heteroatoms. The molecule has 2 aromatic carbocycles. The van der Waals surface area contributed by atoms with Crippen molar-refractivity contribution in [2.24, 2.45) is 0 Å². The number of carbonyl (C=O) groups excluding carboxylic acids is 1. The summed E-state index contributed by atoms with van der Waals surface area (Å²) in [6.07, 6.45) is 0.304. The van der Waals surface area contributed by atoms with E-state index in [0.29, 0.717) is 26.1 Å². The third-order valence-electron chi connectivity index (χ3n) is 4.40. The van der Waals surface area contributed by atoms with Crippen molar-refractivity contribution >= 4 is 11.6 Å². The summed E-state index contributed by atoms with van der Waals surface area (Å²) >= 11 is 0. The quantitative estimate of drug-likeness (QED) is 0.664. The predicted molar refractivity (Wildman–Crippen MR) is 113 cm³/mol. The van der Waals surface area contributed by atoms with E-state index in [1.165, 1.54) is 0 Å². The highest BCUT2D eigenvalue weighted by molar-refractivity contribution is 5.95. The van der Waals surface area contributed by atoms with E-state index in [9.17, 15) is 4.79 Å². The smallest absolute Gasteiger partial charge is 0.241 e. The topological polar surface area (TPSA) is 56.6 Å². The summed E-state index contributed by atoms with van der Waals surface area (Å²) in [5, 5.41) is 8.96. The zero-order valence-corrected chi connectivity index (χ0v) is 17.2. The van der Waals surface area contributed by atoms with Crippen LogP contribution in [0.1, 0.15) is 23.1 Å². The molecule has 0 saturated heterocycles. The second kappa shape index (κ2) is 10.5. The standard InChI is InChI=1S/C23H29N3O2/c1-18-7-5-8-22(16-18)28-12-11-25(4)17-23(27)26(10-6-9-24)21-14-19(2)13-20(3)15-21/h5,7-8,13-16H,6,10-12,17H2,1-4H3. The number of nitrogens with zero attached hydrogens (tertiary/aromatic N) is 3. The SMILES string of the molecule is Cc1cccc(OCCN(C)CC(=O)N(CCC#N)c2cc(C)cc(C)c2)c1. The van der Waals surface area contributed by atoms with Gasteiger partial charge < -0.3 is 9.64 Å². The first kappa shape index (κ1) is 21.5. The number of benzene rings is 2. The Morgan fingerprint density at radius 2 is 1.75 bits per heavy atom. The summed E-state index contributed by atoms with van der Waals surface area (Å²) in [6.45, 7) is 7.87. The molecule has 0 unspecified atom stereocenters. The third kappa shape index (κ3) is 6.71. The molecule has 2 rings (SSSR count). The molecule has 0 spiro atoms. The predicted octanol–water partition coefficient (Wildman–Crippen LogP) is 3.87. The first-order chi connectivity index (χ1) is 13.4. The van der Waals surface area contributed by atoms with E-state index >= 15 is 0 Å². The number of likely N-dealkylation sites (N-methyl/N-ethyl adjacent to an activating group) is 1. The first-order valence-electron chi connectivity index (χ1n) is 9.52. The van der Waals surface area contributed by atoms with Gasteiger partial charge in [-0.2, -0.15) is 5.26 Å². The van der Waals surface area contributed by atoms with Crippen LogP contribution < -0.4 is 9.64 Å². The highest BCUT2D eigenvalue weighted by Crippen LogP contribution is 2.19. The fraction of sp³-hybridized carbons (Fsp3) is 0.391. The van der Waals surface area contributed by atoms with Gasteiger partial charge >= 0.3 is 0 Å². The van der Waals surface area contributed by atoms with Gasteiger partial charge in [-0.1, -0.05) is 18.2 Å². The maximum atomic E-state index is 12.9. The van der Waals surface area contributed by atoms with Crippen LogP contribution in [0, 0.1) is 32.1 Å². The Labute approximate surface area is 168 Å². The van der Waals surface area contributed by atoms with Gasteiger partial charge in [0.25, 0.3) is 0 Å². The van der Waals surface area contributed by atoms with Crippen LogP contribution in [-0.4, -0.2) is 44.1 Å². The Balaban J connectivity index is 1.95. The lowest BCUT2D eigenvalue weighted by atomic mass is 10.1. The summed E-state index contributed by atoms with van der Waals surface area (Å²) in [4.78, 5) is 16.5. The summed E-state index contributed by atoms with van der Waals surface area (Å²) < 4.78 is 5.77. The molecule has 0 aromatic heterocycles. The first-order valence-corrected chi connectivity index (χ1v) is 9.52. The molecule has 148 valence electrons. The van der Waals surface area contributed by atoms with Gasteiger partial charge in [0.15, 0.2) is 0 Å². The lowest BCUT2D eigenvalue weighted by Crippen LogP contribution is -2.40. The van der Waals surface area contributed by atoms with Crippen molar-refractivity contribution in [1.82, 2.24) is 4.90 Å². The van der Waals surface area contributed by atoms with Gasteiger partial charge in [-0.25, -0.2) is 0 Å². The fourth-order valence-electron chi connectivity index (χ4n) is 3.09. The molecule has 0 aliphatic carbocycles. The number of nitriles is 1. The molecule has 5 nitrogen and oxygen atoms in total. The van der Waals surface area contributed by atoms with Crippen LogP contribution in [0.3, 0.4) is 0 Å². The summed E-state index contributed by atoms with van der Waals surface area (Å²) in [5.41, 5.74) is 4.21. The molecule has 0 aliphatic heterocycles. The van der Waals surface area contributed by atoms with Gasteiger partial charge in [-0.05, 0) is 68.8 Å². The highest BCUT2D eigenvalue weighted by Gasteiger charge is 2.18. The largest absolute Gasteiger partial charge is 0.492 e. The van der Waals surface area contributed by atoms with E-state index in [1.807, 2.05) is 69.1 Å². The number of anilines is 1. The van der Waals surface area contributed by atoms with E-state index in [1.54, 1.807) is 4.90 Å². The number of hydrogen-bond acceptors (Lipinski definition) is 4. The van der Waals surface area contributed by atoms with Gasteiger partial charge in [-0.3, -0.25) is 9.69 Å². The normalized spacial score (nSPS) is 10.6. The second-order valence-corrected chi connectivity index (χ2v) is 7.20. The molecule has 0 aliphatic rings. The molecule has 0 atom stereocenters. The lowest BCUT2D eigenvalue weighted by Gasteiger charge is -2.25. The molecule has 0 bridgehead atoms. The molecule has 28 heavy (non-hydrogen) atoms. The number of ether oxygens (including phenoxy) is 1. The monoisotopic (exact) mass is 379 g/mol. The lowest BCUT2D eigenvalue weighted by molar-refractivity contribution is -0.119. The van der Waals surface area contributed by atoms with Crippen LogP contribution in [-0.2, 0) is 4.79 Å². The van der Waals surface area contributed by atoms with Crippen LogP contribution in [0.15, 0.2) is 42.5 Å². The number of rotatable bonds is 9. The number of hydrogen-bond donors (Lipinski definition) is 0. The van der Waals surface area contributed by atoms with Crippen LogP contribution in [0.2, 0.25) is 0 Å². The van der Waals surface area contributed by atoms with E-state index in [4.69, 9.17) is 10.00 Å². The molecule has 0 saturated carbocycles. The molecular weight excluding hydrogens is 350 g/mol. The van der Waals surface area contributed by atoms with Crippen molar-refractivity contribution in [3.63, 3.8) is 0 Å². The van der Waals surface area contributed by atoms with Crippen molar-refractivity contribution in [3.8, 4) is 11.8 Å². The zero-order chi connectivity index (χ0) is 20.5. The van der Waals surface area contributed by atoms with Crippen molar-refractivity contribution < 1.29 is 9.53 Å². The molecule has 0 N–H and O–H groups in total. The second-order valence-electron chi connectivity index (χ2n) is 7.20. The summed E-state index contributed by atoms with van der Waals surface area (Å²) in [5.74, 6) is 0.823. The van der Waals surface area contributed by atoms with Gasteiger partial charge in [0, 0.05) is 18.8 Å². The molecule has 2 aromatic rings. The minimum atomic E-state index is -0.0155. The van der Waals surface area contributed by atoms with Crippen molar-refractivity contribution in [3.05, 3.63) is 59.2 Å². The Kier molecular flexibility index (Phi) is 8.03. The molecular formula is C23H29N3O2. The van der Waals surface area contributed by atoms with Crippen LogP contribution >= 0.6 is 0 Å². The fourth-order valence-corrected chi connectivity index (χ4v) is 3.09. The van der Waals surface area contributed by atoms with Gasteiger partial charge in [0.2, 0.25) is 5.91 Å². The molecule has 1 amide bonds. The van der Waals surface area contributed by atoms with E-state index in [2.05, 4.69) is 12.1 Å². The van der Waals surface area contributed by atoms with Crippen LogP contribution in [0.5, 0.6) is 5.75 Å². The average Bonchev–Trinajstić information content (AvgIpc) is 2.61. The zero-order valence-electron chi connectivity index (χ0n) is 17.2. The third-order valence-corrected chi connectivity index (χ3v) is 4.40. The number of aryl methyl sites for hydroxylation is 3. The Morgan fingerprint density at radius 3 is 2.39 bits per heavy atom. The van der Waals surface area contributed by atoms with E-state index in [-0.39, 0.29) is 12.5 Å². The van der Waals surface area contributed by atoms with Crippen molar-refractivity contribution in [2.75, 3.05) is 38.2 Å². The maximum absolute atomic E-state index is 12.9. The summed E-state index contributed by atoms with van der Waals surface area (Å²) in [7, 11) is 1.90. The van der Waals surface area contributed by atoms with E-state index < -0.39 is 0 Å². The van der Waals surface area contributed by atoms with Gasteiger partial charge in [0.05, 0.1) is 19.0 Å².